The Bertz CT molecular complexity index is 2530. The normalized spacial score (nSPS) is 14.8. The van der Waals surface area contributed by atoms with E-state index >= 15 is 0 Å². The SMILES string of the molecule is CN[C@@H](CC(C)C)C(=O)N[C@@H](CCCNC(=N)N)C(=O)N[C@@H](CO)C(=O)N[C@@H](CCSC)C(=O)N[C@H](C(=O)N[C@@H](CC(=O)O)C(=O)N[C@@H](CCCCN)C(=O)N[C@@H](Cc1ccc(O)cc1)C(=O)N[C@@H](CCCNC(=N)N)C(=O)N[C@@H](CC(C)C)C(N)=O)[C@@H](C)O. The first-order chi connectivity index (χ1) is 42.4. The number of likely N-dealkylation sites (N-methyl/N-ethyl adjacent to an activating group) is 1. The summed E-state index contributed by atoms with van der Waals surface area (Å²) < 4.78 is 0. The number of primary amides is 1. The van der Waals surface area contributed by atoms with E-state index < -0.39 is 145 Å². The number of unbranched alkanes of at least 4 members (excludes halogenated alkanes) is 1. The van der Waals surface area contributed by atoms with Crippen LogP contribution in [0.4, 0.5) is 0 Å². The van der Waals surface area contributed by atoms with Gasteiger partial charge in [-0.15, -0.1) is 0 Å². The number of guanidine groups is 2. The van der Waals surface area contributed by atoms with Gasteiger partial charge in [-0.1, -0.05) is 39.8 Å². The molecule has 1 aromatic rings. The van der Waals surface area contributed by atoms with E-state index in [-0.39, 0.29) is 113 Å². The highest BCUT2D eigenvalue weighted by molar-refractivity contribution is 7.98. The van der Waals surface area contributed by atoms with Crippen molar-refractivity contribution in [1.29, 1.82) is 10.8 Å². The summed E-state index contributed by atoms with van der Waals surface area (Å²) in [7, 11) is 1.57. The molecule has 0 aliphatic heterocycles. The molecule has 0 saturated heterocycles. The molecule has 0 aliphatic carbocycles. The molecule has 26 N–H and O–H groups in total. The number of carbonyl (C=O) groups is 11. The molecule has 90 heavy (non-hydrogen) atoms. The van der Waals surface area contributed by atoms with Gasteiger partial charge < -0.3 is 107 Å². The van der Waals surface area contributed by atoms with Gasteiger partial charge in [0.05, 0.1) is 25.2 Å². The van der Waals surface area contributed by atoms with E-state index in [1.54, 1.807) is 27.2 Å². The lowest BCUT2D eigenvalue weighted by Gasteiger charge is -2.29. The van der Waals surface area contributed by atoms with Crippen LogP contribution in [0.25, 0.3) is 0 Å². The minimum atomic E-state index is -2.01. The van der Waals surface area contributed by atoms with E-state index in [1.807, 2.05) is 13.8 Å². The fraction of sp³-hybridized carbons (Fsp3) is 0.661. The molecule has 0 unspecified atom stereocenters. The third kappa shape index (κ3) is 31.9. The number of aliphatic hydroxyl groups excluding tert-OH is 2. The third-order valence-electron chi connectivity index (χ3n) is 13.7. The van der Waals surface area contributed by atoms with Crippen LogP contribution in [0, 0.1) is 22.7 Å². The molecule has 1 rings (SSSR count). The zero-order valence-electron chi connectivity index (χ0n) is 52.3. The molecule has 0 radical (unpaired) electrons. The second-order valence-corrected chi connectivity index (χ2v) is 23.4. The van der Waals surface area contributed by atoms with Crippen molar-refractivity contribution in [2.75, 3.05) is 45.3 Å². The van der Waals surface area contributed by atoms with Crippen LogP contribution in [0.3, 0.4) is 0 Å². The molecule has 508 valence electrons. The minimum Gasteiger partial charge on any atom is -0.508 e. The Morgan fingerprint density at radius 2 is 0.911 bits per heavy atom. The molecule has 0 fully saturated rings. The van der Waals surface area contributed by atoms with Gasteiger partial charge in [0.25, 0.3) is 0 Å². The largest absolute Gasteiger partial charge is 0.508 e. The third-order valence-corrected chi connectivity index (χ3v) is 14.3. The number of amides is 10. The highest BCUT2D eigenvalue weighted by Gasteiger charge is 2.37. The van der Waals surface area contributed by atoms with Gasteiger partial charge >= 0.3 is 5.97 Å². The Kier molecular flexibility index (Phi) is 38.0. The van der Waals surface area contributed by atoms with Gasteiger partial charge in [0.1, 0.15) is 60.1 Å². The Balaban J connectivity index is 3.60. The summed E-state index contributed by atoms with van der Waals surface area (Å²) in [5.74, 6) is -11.9. The Hall–Kier alpha value is -8.08. The predicted octanol–water partition coefficient (Wildman–Crippen LogP) is -5.28. The number of aliphatic hydroxyl groups is 2. The molecular weight excluding hydrogens is 1200 g/mol. The van der Waals surface area contributed by atoms with Crippen molar-refractivity contribution in [3.8, 4) is 5.75 Å². The summed E-state index contributed by atoms with van der Waals surface area (Å²) in [5, 5.41) is 86.5. The van der Waals surface area contributed by atoms with Crippen LogP contribution in [0.15, 0.2) is 24.3 Å². The molecule has 10 amide bonds. The molecule has 0 spiro atoms. The van der Waals surface area contributed by atoms with Crippen molar-refractivity contribution in [1.82, 2.24) is 63.8 Å². The van der Waals surface area contributed by atoms with E-state index in [1.165, 1.54) is 36.0 Å². The van der Waals surface area contributed by atoms with Crippen molar-refractivity contribution in [3.63, 3.8) is 0 Å². The number of benzene rings is 1. The second-order valence-electron chi connectivity index (χ2n) is 22.4. The Morgan fingerprint density at radius 1 is 0.522 bits per heavy atom. The van der Waals surface area contributed by atoms with Crippen LogP contribution >= 0.6 is 11.8 Å². The number of carboxylic acids is 1. The fourth-order valence-electron chi connectivity index (χ4n) is 8.89. The van der Waals surface area contributed by atoms with Gasteiger partial charge in [0.15, 0.2) is 11.9 Å². The maximum absolute atomic E-state index is 14.4. The zero-order valence-corrected chi connectivity index (χ0v) is 53.1. The van der Waals surface area contributed by atoms with E-state index in [9.17, 15) is 73.2 Å². The quantitative estimate of drug-likeness (QED) is 0.0165. The summed E-state index contributed by atoms with van der Waals surface area (Å²) in [6.45, 7) is 7.87. The molecule has 33 nitrogen and oxygen atoms in total. The van der Waals surface area contributed by atoms with Gasteiger partial charge in [-0.05, 0) is 126 Å². The number of nitrogens with two attached hydrogens (primary N) is 4. The number of carbonyl (C=O) groups excluding carboxylic acids is 10. The van der Waals surface area contributed by atoms with Crippen LogP contribution in [0.5, 0.6) is 5.75 Å². The summed E-state index contributed by atoms with van der Waals surface area (Å²) in [4.78, 5) is 150. The van der Waals surface area contributed by atoms with Gasteiger partial charge in [-0.3, -0.25) is 63.6 Å². The van der Waals surface area contributed by atoms with Crippen LogP contribution in [-0.2, 0) is 59.2 Å². The van der Waals surface area contributed by atoms with Crippen molar-refractivity contribution in [2.45, 2.75) is 178 Å². The number of phenolic OH excluding ortho intramolecular Hbond substituents is 1. The number of carboxylic acid groups (broad SMARTS) is 1. The number of thioether (sulfide) groups is 1. The predicted molar refractivity (Wildman–Crippen MR) is 335 cm³/mol. The average molecular weight is 1300 g/mol. The Morgan fingerprint density at radius 3 is 1.33 bits per heavy atom. The first-order valence-electron chi connectivity index (χ1n) is 29.7. The second kappa shape index (κ2) is 42.8. The fourth-order valence-corrected chi connectivity index (χ4v) is 9.36. The van der Waals surface area contributed by atoms with Crippen LogP contribution in [-0.4, -0.2) is 209 Å². The zero-order chi connectivity index (χ0) is 68.2. The number of nitrogens with one attached hydrogen (secondary N) is 14. The molecule has 34 heteroatoms. The van der Waals surface area contributed by atoms with Crippen LogP contribution < -0.4 is 86.7 Å². The van der Waals surface area contributed by atoms with E-state index in [0.717, 1.165) is 6.92 Å². The first kappa shape index (κ1) is 79.9. The standard InChI is InChI=1S/C56H98N18O15S/c1-29(2)24-38(45(58)80)70-46(81)35(13-10-21-64-55(59)60)68-51(86)40(26-32-15-17-33(77)18-16-32)71-47(82)34(12-8-9-20-57)67-52(87)41(27-43(78)79)72-54(89)44(31(5)76)74-49(84)37(19-23-90-7)69-53(88)42(28-75)73-48(83)36(14-11-22-65-56(61)62)66-50(85)39(63-6)25-30(3)4/h15-18,29-31,34-42,44,63,75-77H,8-14,19-28,57H2,1-7H3,(H2,58,80)(H,66,85)(H,67,87)(H,68,86)(H,69,88)(H,70,81)(H,71,82)(H,72,89)(H,73,83)(H,74,84)(H,78,79)(H4,59,60,64)(H4,61,62,65)/t31-,34+,35+,36+,37+,38+,39+,40+,41+,42+,44+/m1/s1. The molecular formula is C56H98N18O15S. The number of aromatic hydroxyl groups is 1. The highest BCUT2D eigenvalue weighted by Crippen LogP contribution is 2.15. The number of hydrogen-bond acceptors (Lipinski definition) is 19. The summed E-state index contributed by atoms with van der Waals surface area (Å²) in [6, 6.07) is -9.17. The van der Waals surface area contributed by atoms with Crippen molar-refractivity contribution in [2.24, 2.45) is 34.8 Å². The molecule has 0 aliphatic rings. The monoisotopic (exact) mass is 1290 g/mol. The van der Waals surface area contributed by atoms with E-state index in [2.05, 4.69) is 63.8 Å². The highest BCUT2D eigenvalue weighted by atomic mass is 32.2. The maximum Gasteiger partial charge on any atom is 0.305 e. The van der Waals surface area contributed by atoms with E-state index in [4.69, 9.17) is 33.8 Å². The minimum absolute atomic E-state index is 0.00199. The molecule has 11 atom stereocenters. The molecule has 0 heterocycles. The summed E-state index contributed by atoms with van der Waals surface area (Å²) >= 11 is 1.25. The first-order valence-corrected chi connectivity index (χ1v) is 31.1. The topological polar surface area (TPSA) is 565 Å². The Labute approximate surface area is 528 Å². The van der Waals surface area contributed by atoms with Crippen LogP contribution in [0.2, 0.25) is 0 Å². The number of aliphatic carboxylic acids is 1. The van der Waals surface area contributed by atoms with E-state index in [0.29, 0.717) is 18.4 Å². The van der Waals surface area contributed by atoms with Crippen LogP contribution in [0.1, 0.15) is 111 Å². The lowest BCUT2D eigenvalue weighted by atomic mass is 10.0. The molecule has 0 aromatic heterocycles. The number of rotatable bonds is 45. The summed E-state index contributed by atoms with van der Waals surface area (Å²) in [6.07, 6.45) is -0.397. The molecule has 0 bridgehead atoms. The molecule has 1 aromatic carbocycles. The summed E-state index contributed by atoms with van der Waals surface area (Å²) in [5.41, 5.74) is 22.6. The molecule has 0 saturated carbocycles. The van der Waals surface area contributed by atoms with Gasteiger partial charge in [0, 0.05) is 19.5 Å². The number of hydrogen-bond donors (Lipinski definition) is 22. The van der Waals surface area contributed by atoms with Gasteiger partial charge in [-0.2, -0.15) is 11.8 Å². The average Bonchev–Trinajstić information content (AvgIpc) is 1.31. The van der Waals surface area contributed by atoms with Crippen molar-refractivity contribution < 1.29 is 73.2 Å². The maximum atomic E-state index is 14.4. The van der Waals surface area contributed by atoms with Gasteiger partial charge in [0.2, 0.25) is 59.1 Å². The smallest absolute Gasteiger partial charge is 0.305 e. The van der Waals surface area contributed by atoms with Crippen molar-refractivity contribution in [3.05, 3.63) is 29.8 Å². The van der Waals surface area contributed by atoms with Gasteiger partial charge in [-0.25, -0.2) is 0 Å². The lowest BCUT2D eigenvalue weighted by molar-refractivity contribution is -0.142. The van der Waals surface area contributed by atoms with Crippen molar-refractivity contribution >= 4 is 88.7 Å². The lowest BCUT2D eigenvalue weighted by Crippen LogP contribution is -2.62. The number of phenols is 1.